The number of benzene rings is 2. The van der Waals surface area contributed by atoms with Gasteiger partial charge in [-0.1, -0.05) is 24.6 Å². The summed E-state index contributed by atoms with van der Waals surface area (Å²) in [6.45, 7) is -0.156. The van der Waals surface area contributed by atoms with E-state index in [0.717, 1.165) is 19.3 Å². The molecule has 0 saturated heterocycles. The monoisotopic (exact) mass is 397 g/mol. The van der Waals surface area contributed by atoms with E-state index in [0.29, 0.717) is 29.3 Å². The first-order valence-electron chi connectivity index (χ1n) is 9.76. The molecule has 154 valence electrons. The quantitative estimate of drug-likeness (QED) is 0.635. The minimum Gasteiger partial charge on any atom is -0.493 e. The first-order chi connectivity index (χ1) is 14.0. The van der Waals surface area contributed by atoms with E-state index in [4.69, 9.17) is 15.2 Å². The van der Waals surface area contributed by atoms with Crippen LogP contribution < -0.4 is 25.8 Å². The van der Waals surface area contributed by atoms with Crippen LogP contribution in [-0.2, 0) is 9.59 Å². The van der Waals surface area contributed by atoms with E-state index in [-0.39, 0.29) is 30.4 Å². The van der Waals surface area contributed by atoms with Crippen LogP contribution in [0.1, 0.15) is 25.7 Å². The van der Waals surface area contributed by atoms with Crippen molar-refractivity contribution in [3.63, 3.8) is 0 Å². The summed E-state index contributed by atoms with van der Waals surface area (Å²) >= 11 is 0. The fourth-order valence-electron chi connectivity index (χ4n) is 3.52. The molecule has 0 spiro atoms. The lowest BCUT2D eigenvalue weighted by Gasteiger charge is -2.15. The Balaban J connectivity index is 1.51. The maximum absolute atomic E-state index is 12.3. The zero-order chi connectivity index (χ0) is 20.6. The van der Waals surface area contributed by atoms with Crippen molar-refractivity contribution in [1.82, 2.24) is 0 Å². The maximum Gasteiger partial charge on any atom is 0.262 e. The average molecular weight is 397 g/mol. The van der Waals surface area contributed by atoms with Crippen LogP contribution >= 0.6 is 0 Å². The molecule has 2 aromatic rings. The SMILES string of the molecule is COc1ccccc1OCC(=O)Nc1cccc(NC(=O)C[C@@H]2CCC[C@H]2N)c1. The summed E-state index contributed by atoms with van der Waals surface area (Å²) in [6, 6.07) is 14.3. The zero-order valence-electron chi connectivity index (χ0n) is 16.5. The van der Waals surface area contributed by atoms with Gasteiger partial charge in [-0.2, -0.15) is 0 Å². The smallest absolute Gasteiger partial charge is 0.262 e. The summed E-state index contributed by atoms with van der Waals surface area (Å²) in [5.74, 6) is 0.930. The van der Waals surface area contributed by atoms with Crippen LogP contribution in [0, 0.1) is 5.92 Å². The Morgan fingerprint density at radius 1 is 1.00 bits per heavy atom. The third-order valence-corrected chi connectivity index (χ3v) is 5.02. The van der Waals surface area contributed by atoms with Gasteiger partial charge in [0, 0.05) is 23.8 Å². The van der Waals surface area contributed by atoms with Gasteiger partial charge < -0.3 is 25.8 Å². The highest BCUT2D eigenvalue weighted by atomic mass is 16.5. The second-order valence-electron chi connectivity index (χ2n) is 7.18. The lowest BCUT2D eigenvalue weighted by atomic mass is 10.00. The van der Waals surface area contributed by atoms with Gasteiger partial charge in [0.1, 0.15) is 0 Å². The van der Waals surface area contributed by atoms with Gasteiger partial charge in [-0.05, 0) is 49.1 Å². The molecule has 1 saturated carbocycles. The van der Waals surface area contributed by atoms with Crippen molar-refractivity contribution in [2.45, 2.75) is 31.7 Å². The number of para-hydroxylation sites is 2. The van der Waals surface area contributed by atoms with Crippen molar-refractivity contribution in [3.8, 4) is 11.5 Å². The van der Waals surface area contributed by atoms with Crippen LogP contribution in [0.4, 0.5) is 11.4 Å². The second-order valence-corrected chi connectivity index (χ2v) is 7.18. The first-order valence-corrected chi connectivity index (χ1v) is 9.76. The summed E-state index contributed by atoms with van der Waals surface area (Å²) in [4.78, 5) is 24.5. The van der Waals surface area contributed by atoms with E-state index < -0.39 is 0 Å². The Hall–Kier alpha value is -3.06. The Morgan fingerprint density at radius 3 is 2.34 bits per heavy atom. The molecule has 2 aromatic carbocycles. The number of anilines is 2. The molecule has 0 heterocycles. The van der Waals surface area contributed by atoms with Crippen LogP contribution in [-0.4, -0.2) is 31.6 Å². The Bertz CT molecular complexity index is 855. The summed E-state index contributed by atoms with van der Waals surface area (Å²) in [7, 11) is 1.54. The minimum absolute atomic E-state index is 0.0599. The molecular formula is C22H27N3O4. The summed E-state index contributed by atoms with van der Waals surface area (Å²) in [5, 5.41) is 5.65. The minimum atomic E-state index is -0.309. The Kier molecular flexibility index (Phi) is 7.08. The van der Waals surface area contributed by atoms with Crippen molar-refractivity contribution < 1.29 is 19.1 Å². The lowest BCUT2D eigenvalue weighted by molar-refractivity contribution is -0.118. The summed E-state index contributed by atoms with van der Waals surface area (Å²) < 4.78 is 10.7. The topological polar surface area (TPSA) is 103 Å². The molecule has 29 heavy (non-hydrogen) atoms. The number of amides is 2. The molecule has 1 aliphatic rings. The molecule has 2 atom stereocenters. The molecule has 0 unspecified atom stereocenters. The van der Waals surface area contributed by atoms with E-state index in [1.54, 1.807) is 49.6 Å². The number of carbonyl (C=O) groups is 2. The first kappa shape index (κ1) is 20.7. The van der Waals surface area contributed by atoms with Crippen LogP contribution in [0.5, 0.6) is 11.5 Å². The van der Waals surface area contributed by atoms with E-state index in [1.165, 1.54) is 0 Å². The summed E-state index contributed by atoms with van der Waals surface area (Å²) in [5.41, 5.74) is 7.25. The van der Waals surface area contributed by atoms with E-state index >= 15 is 0 Å². The number of nitrogens with two attached hydrogens (primary N) is 1. The maximum atomic E-state index is 12.3. The van der Waals surface area contributed by atoms with Crippen molar-refractivity contribution in [2.24, 2.45) is 11.7 Å². The van der Waals surface area contributed by atoms with E-state index in [9.17, 15) is 9.59 Å². The standard InChI is InChI=1S/C22H27N3O4/c1-28-19-10-2-3-11-20(19)29-14-22(27)25-17-8-5-7-16(13-17)24-21(26)12-15-6-4-9-18(15)23/h2-3,5,7-8,10-11,13,15,18H,4,6,9,12,14,23H2,1H3,(H,24,26)(H,25,27)/t15-,18+/m0/s1. The van der Waals surface area contributed by atoms with Gasteiger partial charge in [0.2, 0.25) is 5.91 Å². The fourth-order valence-corrected chi connectivity index (χ4v) is 3.52. The average Bonchev–Trinajstić information content (AvgIpc) is 3.11. The predicted molar refractivity (Wildman–Crippen MR) is 112 cm³/mol. The molecule has 4 N–H and O–H groups in total. The van der Waals surface area contributed by atoms with Gasteiger partial charge in [0.25, 0.3) is 5.91 Å². The molecule has 0 bridgehead atoms. The lowest BCUT2D eigenvalue weighted by Crippen LogP contribution is -2.28. The number of ether oxygens (including phenoxy) is 2. The Morgan fingerprint density at radius 2 is 1.69 bits per heavy atom. The van der Waals surface area contributed by atoms with Crippen LogP contribution in [0.2, 0.25) is 0 Å². The molecule has 2 amide bonds. The highest BCUT2D eigenvalue weighted by molar-refractivity contribution is 5.94. The molecule has 1 fully saturated rings. The number of rotatable bonds is 8. The van der Waals surface area contributed by atoms with Gasteiger partial charge in [0.05, 0.1) is 7.11 Å². The van der Waals surface area contributed by atoms with Crippen molar-refractivity contribution in [3.05, 3.63) is 48.5 Å². The van der Waals surface area contributed by atoms with Gasteiger partial charge in [-0.25, -0.2) is 0 Å². The highest BCUT2D eigenvalue weighted by Crippen LogP contribution is 2.27. The second kappa shape index (κ2) is 9.93. The zero-order valence-corrected chi connectivity index (χ0v) is 16.5. The third-order valence-electron chi connectivity index (χ3n) is 5.02. The normalized spacial score (nSPS) is 18.1. The molecule has 3 rings (SSSR count). The molecule has 0 aromatic heterocycles. The van der Waals surface area contributed by atoms with E-state index in [2.05, 4.69) is 10.6 Å². The third kappa shape index (κ3) is 5.96. The number of methoxy groups -OCH3 is 1. The van der Waals surface area contributed by atoms with Gasteiger partial charge in [0.15, 0.2) is 18.1 Å². The number of hydrogen-bond donors (Lipinski definition) is 3. The van der Waals surface area contributed by atoms with E-state index in [1.807, 2.05) is 6.07 Å². The van der Waals surface area contributed by atoms with Crippen LogP contribution in [0.25, 0.3) is 0 Å². The largest absolute Gasteiger partial charge is 0.493 e. The van der Waals surface area contributed by atoms with Crippen molar-refractivity contribution in [1.29, 1.82) is 0 Å². The number of carbonyl (C=O) groups excluding carboxylic acids is 2. The fraction of sp³-hybridized carbons (Fsp3) is 0.364. The number of nitrogens with one attached hydrogen (secondary N) is 2. The molecule has 0 radical (unpaired) electrons. The molecule has 7 nitrogen and oxygen atoms in total. The van der Waals surface area contributed by atoms with Crippen molar-refractivity contribution >= 4 is 23.2 Å². The highest BCUT2D eigenvalue weighted by Gasteiger charge is 2.26. The van der Waals surface area contributed by atoms with Gasteiger partial charge >= 0.3 is 0 Å². The van der Waals surface area contributed by atoms with Crippen LogP contribution in [0.3, 0.4) is 0 Å². The number of hydrogen-bond acceptors (Lipinski definition) is 5. The molecular weight excluding hydrogens is 370 g/mol. The van der Waals surface area contributed by atoms with Crippen molar-refractivity contribution in [2.75, 3.05) is 24.4 Å². The van der Waals surface area contributed by atoms with Gasteiger partial charge in [-0.3, -0.25) is 9.59 Å². The predicted octanol–water partition coefficient (Wildman–Crippen LogP) is 3.17. The van der Waals surface area contributed by atoms with Crippen LogP contribution in [0.15, 0.2) is 48.5 Å². The summed E-state index contributed by atoms with van der Waals surface area (Å²) in [6.07, 6.45) is 3.48. The molecule has 0 aliphatic heterocycles. The van der Waals surface area contributed by atoms with Gasteiger partial charge in [-0.15, -0.1) is 0 Å². The Labute approximate surface area is 170 Å². The molecule has 1 aliphatic carbocycles. The molecule has 7 heteroatoms.